The Balaban J connectivity index is 2.28. The number of thioether (sulfide) groups is 1. The van der Waals surface area contributed by atoms with E-state index in [9.17, 15) is 0 Å². The maximum absolute atomic E-state index is 5.74. The third-order valence-corrected chi connectivity index (χ3v) is 4.79. The van der Waals surface area contributed by atoms with Crippen molar-refractivity contribution in [2.45, 2.75) is 26.3 Å². The second-order valence-electron chi connectivity index (χ2n) is 4.56. The molecule has 0 aromatic heterocycles. The molecule has 3 N–H and O–H groups in total. The summed E-state index contributed by atoms with van der Waals surface area (Å²) in [4.78, 5) is 0. The Bertz CT molecular complexity index is 359. The minimum atomic E-state index is 0.315. The van der Waals surface area contributed by atoms with Crippen molar-refractivity contribution < 1.29 is 0 Å². The van der Waals surface area contributed by atoms with Crippen molar-refractivity contribution in [1.29, 1.82) is 0 Å². The van der Waals surface area contributed by atoms with Crippen molar-refractivity contribution >= 4 is 11.8 Å². The van der Waals surface area contributed by atoms with E-state index < -0.39 is 0 Å². The van der Waals surface area contributed by atoms with Gasteiger partial charge >= 0.3 is 0 Å². The summed E-state index contributed by atoms with van der Waals surface area (Å²) in [6.07, 6.45) is 1.27. The van der Waals surface area contributed by atoms with E-state index in [1.807, 2.05) is 11.8 Å². The molecule has 0 amide bonds. The molecule has 2 nitrogen and oxygen atoms in total. The lowest BCUT2D eigenvalue weighted by Gasteiger charge is -2.24. The van der Waals surface area contributed by atoms with Crippen molar-refractivity contribution in [3.63, 3.8) is 0 Å². The van der Waals surface area contributed by atoms with Crippen LogP contribution in [0.1, 0.15) is 29.2 Å². The molecule has 1 aromatic carbocycles. The minimum absolute atomic E-state index is 0.315. The van der Waals surface area contributed by atoms with Crippen molar-refractivity contribution in [1.82, 2.24) is 5.43 Å². The first-order valence-electron chi connectivity index (χ1n) is 5.84. The van der Waals surface area contributed by atoms with Gasteiger partial charge in [0.1, 0.15) is 0 Å². The quantitative estimate of drug-likeness (QED) is 0.626. The zero-order chi connectivity index (χ0) is 11.5. The summed E-state index contributed by atoms with van der Waals surface area (Å²) in [5, 5.41) is 0. The number of hydrogen-bond donors (Lipinski definition) is 2. The molecule has 0 saturated carbocycles. The Hall–Kier alpha value is -0.510. The Kier molecular flexibility index (Phi) is 3.90. The monoisotopic (exact) mass is 236 g/mol. The molecule has 1 heterocycles. The smallest absolute Gasteiger partial charge is 0.0499 e. The van der Waals surface area contributed by atoms with Crippen LogP contribution >= 0.6 is 11.8 Å². The lowest BCUT2D eigenvalue weighted by molar-refractivity contribution is 0.399. The normalized spacial score (nSPS) is 22.3. The summed E-state index contributed by atoms with van der Waals surface area (Å²) in [6, 6.07) is 6.81. The summed E-state index contributed by atoms with van der Waals surface area (Å²) in [5.41, 5.74) is 7.11. The maximum atomic E-state index is 5.74. The summed E-state index contributed by atoms with van der Waals surface area (Å²) >= 11 is 2.04. The SMILES string of the molecule is Cc1cccc(C(NN)C2CCSC2)c1C. The van der Waals surface area contributed by atoms with Crippen LogP contribution in [0.5, 0.6) is 0 Å². The van der Waals surface area contributed by atoms with Gasteiger partial charge in [-0.05, 0) is 54.4 Å². The van der Waals surface area contributed by atoms with E-state index in [-0.39, 0.29) is 0 Å². The minimum Gasteiger partial charge on any atom is -0.271 e. The summed E-state index contributed by atoms with van der Waals surface area (Å²) < 4.78 is 0. The predicted octanol–water partition coefficient (Wildman–Crippen LogP) is 2.56. The Morgan fingerprint density at radius 3 is 2.88 bits per heavy atom. The van der Waals surface area contributed by atoms with Gasteiger partial charge in [0.2, 0.25) is 0 Å². The van der Waals surface area contributed by atoms with Gasteiger partial charge in [-0.3, -0.25) is 11.3 Å². The fraction of sp³-hybridized carbons (Fsp3) is 0.538. The summed E-state index contributed by atoms with van der Waals surface area (Å²) in [7, 11) is 0. The highest BCUT2D eigenvalue weighted by molar-refractivity contribution is 7.99. The van der Waals surface area contributed by atoms with Gasteiger partial charge in [-0.15, -0.1) is 0 Å². The van der Waals surface area contributed by atoms with E-state index in [4.69, 9.17) is 5.84 Å². The van der Waals surface area contributed by atoms with Crippen LogP contribution in [0.25, 0.3) is 0 Å². The molecule has 1 aliphatic rings. The summed E-state index contributed by atoms with van der Waals surface area (Å²) in [5.74, 6) is 8.92. The fourth-order valence-corrected chi connectivity index (χ4v) is 3.70. The molecule has 2 unspecified atom stereocenters. The molecule has 88 valence electrons. The van der Waals surface area contributed by atoms with Gasteiger partial charge in [-0.2, -0.15) is 11.8 Å². The molecule has 1 aromatic rings. The van der Waals surface area contributed by atoms with Gasteiger partial charge in [0, 0.05) is 6.04 Å². The van der Waals surface area contributed by atoms with Crippen LogP contribution in [0.15, 0.2) is 18.2 Å². The molecule has 0 spiro atoms. The van der Waals surface area contributed by atoms with E-state index >= 15 is 0 Å². The van der Waals surface area contributed by atoms with Gasteiger partial charge in [-0.1, -0.05) is 18.2 Å². The van der Waals surface area contributed by atoms with Crippen molar-refractivity contribution in [2.75, 3.05) is 11.5 Å². The fourth-order valence-electron chi connectivity index (χ4n) is 2.41. The van der Waals surface area contributed by atoms with Gasteiger partial charge in [0.05, 0.1) is 0 Å². The second kappa shape index (κ2) is 5.21. The first-order valence-corrected chi connectivity index (χ1v) is 6.99. The molecular weight excluding hydrogens is 216 g/mol. The van der Waals surface area contributed by atoms with Crippen molar-refractivity contribution in [2.24, 2.45) is 11.8 Å². The standard InChI is InChI=1S/C13H20N2S/c1-9-4-3-5-12(10(9)2)13(15-14)11-6-7-16-8-11/h3-5,11,13,15H,6-8,14H2,1-2H3. The number of aryl methyl sites for hydroxylation is 1. The molecule has 3 heteroatoms. The molecule has 1 saturated heterocycles. The highest BCUT2D eigenvalue weighted by Crippen LogP contribution is 2.35. The highest BCUT2D eigenvalue weighted by Gasteiger charge is 2.26. The molecule has 0 aliphatic carbocycles. The van der Waals surface area contributed by atoms with E-state index in [1.165, 1.54) is 34.6 Å². The summed E-state index contributed by atoms with van der Waals surface area (Å²) in [6.45, 7) is 4.35. The predicted molar refractivity (Wildman–Crippen MR) is 71.4 cm³/mol. The van der Waals surface area contributed by atoms with Crippen LogP contribution in [0, 0.1) is 19.8 Å². The Morgan fingerprint density at radius 2 is 2.25 bits per heavy atom. The van der Waals surface area contributed by atoms with Crippen LogP contribution < -0.4 is 11.3 Å². The van der Waals surface area contributed by atoms with E-state index in [2.05, 4.69) is 37.5 Å². The molecule has 1 fully saturated rings. The zero-order valence-electron chi connectivity index (χ0n) is 9.99. The second-order valence-corrected chi connectivity index (χ2v) is 5.71. The van der Waals surface area contributed by atoms with Crippen LogP contribution in [0.2, 0.25) is 0 Å². The number of benzene rings is 1. The molecule has 16 heavy (non-hydrogen) atoms. The molecule has 1 aliphatic heterocycles. The first-order chi connectivity index (χ1) is 7.74. The third kappa shape index (κ3) is 2.26. The zero-order valence-corrected chi connectivity index (χ0v) is 10.8. The average Bonchev–Trinajstić information content (AvgIpc) is 2.79. The largest absolute Gasteiger partial charge is 0.271 e. The van der Waals surface area contributed by atoms with Crippen molar-refractivity contribution in [3.05, 3.63) is 34.9 Å². The highest BCUT2D eigenvalue weighted by atomic mass is 32.2. The lowest BCUT2D eigenvalue weighted by atomic mass is 9.89. The molecule has 2 atom stereocenters. The van der Waals surface area contributed by atoms with E-state index in [0.717, 1.165) is 0 Å². The van der Waals surface area contributed by atoms with Gasteiger partial charge in [0.25, 0.3) is 0 Å². The number of nitrogens with two attached hydrogens (primary N) is 1. The van der Waals surface area contributed by atoms with Crippen molar-refractivity contribution in [3.8, 4) is 0 Å². The van der Waals surface area contributed by atoms with Gasteiger partial charge in [-0.25, -0.2) is 0 Å². The van der Waals surface area contributed by atoms with Crippen LogP contribution in [0.4, 0.5) is 0 Å². The Morgan fingerprint density at radius 1 is 1.44 bits per heavy atom. The molecule has 0 bridgehead atoms. The van der Waals surface area contributed by atoms with E-state index in [1.54, 1.807) is 0 Å². The molecular formula is C13H20N2S. The topological polar surface area (TPSA) is 38.0 Å². The number of hydrazine groups is 1. The number of nitrogens with one attached hydrogen (secondary N) is 1. The van der Waals surface area contributed by atoms with Crippen LogP contribution in [-0.2, 0) is 0 Å². The molecule has 2 rings (SSSR count). The van der Waals surface area contributed by atoms with Gasteiger partial charge in [0.15, 0.2) is 0 Å². The van der Waals surface area contributed by atoms with Gasteiger partial charge < -0.3 is 0 Å². The average molecular weight is 236 g/mol. The van der Waals surface area contributed by atoms with Crippen LogP contribution in [-0.4, -0.2) is 11.5 Å². The Labute approximate surface area is 102 Å². The lowest BCUT2D eigenvalue weighted by Crippen LogP contribution is -2.34. The molecule has 0 radical (unpaired) electrons. The van der Waals surface area contributed by atoms with Crippen LogP contribution in [0.3, 0.4) is 0 Å². The van der Waals surface area contributed by atoms with E-state index in [0.29, 0.717) is 12.0 Å². The third-order valence-electron chi connectivity index (χ3n) is 3.60. The number of hydrogen-bond acceptors (Lipinski definition) is 3. The maximum Gasteiger partial charge on any atom is 0.0499 e. The number of rotatable bonds is 3. The first kappa shape index (κ1) is 12.0.